The lowest BCUT2D eigenvalue weighted by Gasteiger charge is -2.06. The fourth-order valence-electron chi connectivity index (χ4n) is 1.37. The van der Waals surface area contributed by atoms with Crippen molar-refractivity contribution in [2.45, 2.75) is 0 Å². The molecule has 0 amide bonds. The number of halogens is 3. The second-order valence-corrected chi connectivity index (χ2v) is 4.30. The minimum Gasteiger partial charge on any atom is -0.394 e. The number of rotatable bonds is 2. The lowest BCUT2D eigenvalue weighted by molar-refractivity contribution is 0.629. The van der Waals surface area contributed by atoms with Gasteiger partial charge in [0.25, 0.3) is 0 Å². The lowest BCUT2D eigenvalue weighted by Crippen LogP contribution is -1.96. The van der Waals surface area contributed by atoms with Crippen molar-refractivity contribution in [1.82, 2.24) is 9.78 Å². The summed E-state index contributed by atoms with van der Waals surface area (Å²) in [6, 6.07) is 2.83. The number of nitrogens with two attached hydrogens (primary N) is 1. The van der Waals surface area contributed by atoms with Gasteiger partial charge in [0.15, 0.2) is 11.6 Å². The maximum Gasteiger partial charge on any atom is 0.175 e. The van der Waals surface area contributed by atoms with Crippen molar-refractivity contribution in [2.24, 2.45) is 7.05 Å². The summed E-state index contributed by atoms with van der Waals surface area (Å²) in [6.45, 7) is 0. The molecule has 0 unspecified atom stereocenters. The van der Waals surface area contributed by atoms with Gasteiger partial charge in [0.2, 0.25) is 0 Å². The summed E-state index contributed by atoms with van der Waals surface area (Å²) in [4.78, 5) is 0. The van der Waals surface area contributed by atoms with E-state index in [2.05, 4.69) is 10.4 Å². The van der Waals surface area contributed by atoms with Gasteiger partial charge in [-0.1, -0.05) is 23.2 Å². The number of benzene rings is 1. The maximum absolute atomic E-state index is 13.2. The third-order valence-corrected chi connectivity index (χ3v) is 2.65. The molecule has 90 valence electrons. The van der Waals surface area contributed by atoms with Gasteiger partial charge in [-0.2, -0.15) is 5.10 Å². The van der Waals surface area contributed by atoms with Crippen LogP contribution in [-0.2, 0) is 7.05 Å². The smallest absolute Gasteiger partial charge is 0.175 e. The lowest BCUT2D eigenvalue weighted by atomic mass is 10.3. The summed E-state index contributed by atoms with van der Waals surface area (Å²) in [5.74, 6) is -0.181. The zero-order valence-corrected chi connectivity index (χ0v) is 10.3. The summed E-state index contributed by atoms with van der Waals surface area (Å²) in [7, 11) is 1.74. The van der Waals surface area contributed by atoms with Crippen LogP contribution in [0.2, 0.25) is 10.0 Å². The standard InChI is InChI=1S/C10H9Cl2FN4/c1-17-4-8(14)10(16-17)15-5-2-6(11)9(13)7(12)3-5/h2-4H,14H2,1H3,(H,15,16). The van der Waals surface area contributed by atoms with Crippen LogP contribution in [0.3, 0.4) is 0 Å². The maximum atomic E-state index is 13.2. The van der Waals surface area contributed by atoms with E-state index in [0.29, 0.717) is 17.2 Å². The first-order valence-electron chi connectivity index (χ1n) is 4.68. The van der Waals surface area contributed by atoms with Gasteiger partial charge in [-0.15, -0.1) is 0 Å². The van der Waals surface area contributed by atoms with Crippen LogP contribution in [-0.4, -0.2) is 9.78 Å². The van der Waals surface area contributed by atoms with Crippen molar-refractivity contribution in [3.63, 3.8) is 0 Å². The van der Waals surface area contributed by atoms with Gasteiger partial charge in [-0.25, -0.2) is 4.39 Å². The van der Waals surface area contributed by atoms with Gasteiger partial charge < -0.3 is 11.1 Å². The first-order chi connectivity index (χ1) is 7.97. The van der Waals surface area contributed by atoms with Crippen molar-refractivity contribution < 1.29 is 4.39 Å². The summed E-state index contributed by atoms with van der Waals surface area (Å²) in [5, 5.41) is 6.88. The Morgan fingerprint density at radius 1 is 1.35 bits per heavy atom. The monoisotopic (exact) mass is 274 g/mol. The summed E-state index contributed by atoms with van der Waals surface area (Å²) >= 11 is 11.3. The van der Waals surface area contributed by atoms with Crippen LogP contribution in [0.4, 0.5) is 21.6 Å². The average Bonchev–Trinajstić information content (AvgIpc) is 2.54. The van der Waals surface area contributed by atoms with Crippen molar-refractivity contribution >= 4 is 40.4 Å². The van der Waals surface area contributed by atoms with E-state index < -0.39 is 5.82 Å². The zero-order chi connectivity index (χ0) is 12.6. The summed E-state index contributed by atoms with van der Waals surface area (Å²) in [6.07, 6.45) is 1.65. The number of nitrogen functional groups attached to an aromatic ring is 1. The number of nitrogens with one attached hydrogen (secondary N) is 1. The minimum absolute atomic E-state index is 0.0606. The second kappa shape index (κ2) is 4.43. The molecule has 17 heavy (non-hydrogen) atoms. The highest BCUT2D eigenvalue weighted by molar-refractivity contribution is 6.35. The summed E-state index contributed by atoms with van der Waals surface area (Å²) in [5.41, 5.74) is 6.71. The van der Waals surface area contributed by atoms with E-state index in [0.717, 1.165) is 0 Å². The van der Waals surface area contributed by atoms with Crippen LogP contribution >= 0.6 is 23.2 Å². The first kappa shape index (κ1) is 12.0. The third-order valence-electron chi connectivity index (χ3n) is 2.10. The van der Waals surface area contributed by atoms with E-state index in [9.17, 15) is 4.39 Å². The van der Waals surface area contributed by atoms with Crippen LogP contribution < -0.4 is 11.1 Å². The fraction of sp³-hybridized carbons (Fsp3) is 0.100. The number of nitrogens with zero attached hydrogens (tertiary/aromatic N) is 2. The Morgan fingerprint density at radius 3 is 2.41 bits per heavy atom. The highest BCUT2D eigenvalue weighted by Gasteiger charge is 2.10. The van der Waals surface area contributed by atoms with Crippen LogP contribution in [0.15, 0.2) is 18.3 Å². The Balaban J connectivity index is 2.33. The molecule has 7 heteroatoms. The number of hydrogen-bond donors (Lipinski definition) is 2. The van der Waals surface area contributed by atoms with E-state index >= 15 is 0 Å². The van der Waals surface area contributed by atoms with Gasteiger partial charge >= 0.3 is 0 Å². The van der Waals surface area contributed by atoms with Gasteiger partial charge in [0.05, 0.1) is 15.7 Å². The average molecular weight is 275 g/mol. The number of aryl methyl sites for hydroxylation is 1. The molecule has 0 saturated carbocycles. The summed E-state index contributed by atoms with van der Waals surface area (Å²) < 4.78 is 14.8. The van der Waals surface area contributed by atoms with Crippen LogP contribution in [0.1, 0.15) is 0 Å². The Kier molecular flexibility index (Phi) is 3.13. The topological polar surface area (TPSA) is 55.9 Å². The van der Waals surface area contributed by atoms with E-state index in [1.807, 2.05) is 0 Å². The Labute approximate surface area is 107 Å². The molecule has 0 atom stereocenters. The molecule has 0 bridgehead atoms. The fourth-order valence-corrected chi connectivity index (χ4v) is 1.86. The predicted molar refractivity (Wildman–Crippen MR) is 67.3 cm³/mol. The molecule has 0 aliphatic carbocycles. The highest BCUT2D eigenvalue weighted by Crippen LogP contribution is 2.29. The van der Waals surface area contributed by atoms with Gasteiger partial charge in [0, 0.05) is 18.9 Å². The molecule has 1 aromatic carbocycles. The molecular weight excluding hydrogens is 266 g/mol. The Bertz CT molecular complexity index is 544. The molecule has 1 heterocycles. The first-order valence-corrected chi connectivity index (χ1v) is 5.43. The molecule has 1 aromatic heterocycles. The highest BCUT2D eigenvalue weighted by atomic mass is 35.5. The molecule has 3 N–H and O–H groups in total. The molecule has 0 radical (unpaired) electrons. The molecule has 2 aromatic rings. The molecule has 2 rings (SSSR count). The molecule has 4 nitrogen and oxygen atoms in total. The Hall–Kier alpha value is -1.46. The predicted octanol–water partition coefficient (Wildman–Crippen LogP) is 3.19. The van der Waals surface area contributed by atoms with E-state index in [1.54, 1.807) is 17.9 Å². The van der Waals surface area contributed by atoms with Crippen molar-refractivity contribution in [1.29, 1.82) is 0 Å². The van der Waals surface area contributed by atoms with Crippen LogP contribution in [0, 0.1) is 5.82 Å². The molecular formula is C10H9Cl2FN4. The van der Waals surface area contributed by atoms with Gasteiger partial charge in [-0.3, -0.25) is 4.68 Å². The van der Waals surface area contributed by atoms with E-state index in [4.69, 9.17) is 28.9 Å². The second-order valence-electron chi connectivity index (χ2n) is 3.49. The Morgan fingerprint density at radius 2 is 1.94 bits per heavy atom. The third kappa shape index (κ3) is 2.45. The van der Waals surface area contributed by atoms with Crippen LogP contribution in [0.5, 0.6) is 0 Å². The largest absolute Gasteiger partial charge is 0.394 e. The SMILES string of the molecule is Cn1cc(N)c(Nc2cc(Cl)c(F)c(Cl)c2)n1. The molecule has 0 fully saturated rings. The molecule has 0 saturated heterocycles. The van der Waals surface area contributed by atoms with E-state index in [-0.39, 0.29) is 10.0 Å². The van der Waals surface area contributed by atoms with Crippen molar-refractivity contribution in [3.8, 4) is 0 Å². The zero-order valence-electron chi connectivity index (χ0n) is 8.84. The van der Waals surface area contributed by atoms with Crippen LogP contribution in [0.25, 0.3) is 0 Å². The van der Waals surface area contributed by atoms with Crippen molar-refractivity contribution in [2.75, 3.05) is 11.1 Å². The van der Waals surface area contributed by atoms with Gasteiger partial charge in [0.1, 0.15) is 0 Å². The number of aromatic nitrogens is 2. The van der Waals surface area contributed by atoms with Gasteiger partial charge in [-0.05, 0) is 12.1 Å². The number of anilines is 3. The molecule has 0 spiro atoms. The van der Waals surface area contributed by atoms with E-state index in [1.165, 1.54) is 12.1 Å². The molecule has 0 aliphatic rings. The minimum atomic E-state index is -0.645. The van der Waals surface area contributed by atoms with Crippen molar-refractivity contribution in [3.05, 3.63) is 34.2 Å². The molecule has 0 aliphatic heterocycles. The normalized spacial score (nSPS) is 10.6. The quantitative estimate of drug-likeness (QED) is 0.827. The number of hydrogen-bond acceptors (Lipinski definition) is 3.